The van der Waals surface area contributed by atoms with E-state index in [0.717, 1.165) is 22.7 Å². The molecule has 130 valence electrons. The second kappa shape index (κ2) is 7.61. The van der Waals surface area contributed by atoms with Crippen LogP contribution in [0.3, 0.4) is 0 Å². The highest BCUT2D eigenvalue weighted by atomic mass is 32.2. The van der Waals surface area contributed by atoms with Crippen molar-refractivity contribution in [1.82, 2.24) is 9.78 Å². The number of carbonyl (C=O) groups is 1. The highest BCUT2D eigenvalue weighted by Gasteiger charge is 2.15. The fourth-order valence-corrected chi connectivity index (χ4v) is 3.06. The van der Waals surface area contributed by atoms with E-state index in [0.29, 0.717) is 12.4 Å². The number of aryl methyl sites for hydroxylation is 1. The number of aromatic nitrogens is 2. The number of thioether (sulfide) groups is 1. The van der Waals surface area contributed by atoms with Crippen LogP contribution in [-0.2, 0) is 16.1 Å². The van der Waals surface area contributed by atoms with Gasteiger partial charge in [0.25, 0.3) is 0 Å². The Morgan fingerprint density at radius 1 is 1.24 bits per heavy atom. The number of hydrogen-bond acceptors (Lipinski definition) is 5. The van der Waals surface area contributed by atoms with Gasteiger partial charge in [0.2, 0.25) is 0 Å². The first kappa shape index (κ1) is 17.4. The standard InChI is InChI=1S/C19H20N2O3S/c1-4-23-19(22)12-21-16(10-13(2)20-21)18-9-8-17(24-18)14-6-5-7-15(11-14)25-3/h5-11H,4,12H2,1-3H3. The molecule has 0 aliphatic carbocycles. The molecule has 3 rings (SSSR count). The Hall–Kier alpha value is -2.47. The maximum atomic E-state index is 11.8. The molecule has 2 aromatic heterocycles. The van der Waals surface area contributed by atoms with Crippen molar-refractivity contribution in [1.29, 1.82) is 0 Å². The molecule has 0 saturated heterocycles. The van der Waals surface area contributed by atoms with Gasteiger partial charge in [0.1, 0.15) is 18.0 Å². The van der Waals surface area contributed by atoms with Crippen molar-refractivity contribution in [3.8, 4) is 22.8 Å². The number of ether oxygens (including phenoxy) is 1. The zero-order chi connectivity index (χ0) is 17.8. The molecule has 0 atom stereocenters. The average Bonchev–Trinajstić information content (AvgIpc) is 3.22. The Morgan fingerprint density at radius 3 is 2.80 bits per heavy atom. The predicted molar refractivity (Wildman–Crippen MR) is 98.5 cm³/mol. The number of furan rings is 1. The lowest BCUT2D eigenvalue weighted by Gasteiger charge is -2.05. The molecular formula is C19H20N2O3S. The molecule has 0 N–H and O–H groups in total. The minimum Gasteiger partial charge on any atom is -0.465 e. The monoisotopic (exact) mass is 356 g/mol. The van der Waals surface area contributed by atoms with Crippen LogP contribution in [0.2, 0.25) is 0 Å². The summed E-state index contributed by atoms with van der Waals surface area (Å²) in [4.78, 5) is 13.0. The van der Waals surface area contributed by atoms with Gasteiger partial charge in [0.05, 0.1) is 12.3 Å². The first-order valence-corrected chi connectivity index (χ1v) is 9.28. The van der Waals surface area contributed by atoms with E-state index < -0.39 is 0 Å². The fraction of sp³-hybridized carbons (Fsp3) is 0.263. The van der Waals surface area contributed by atoms with E-state index in [1.807, 2.05) is 43.5 Å². The molecule has 0 amide bonds. The van der Waals surface area contributed by atoms with Gasteiger partial charge in [0.15, 0.2) is 5.76 Å². The summed E-state index contributed by atoms with van der Waals surface area (Å²) in [6.45, 7) is 4.09. The third-order valence-electron chi connectivity index (χ3n) is 3.70. The highest BCUT2D eigenvalue weighted by molar-refractivity contribution is 7.98. The van der Waals surface area contributed by atoms with E-state index >= 15 is 0 Å². The number of nitrogens with zero attached hydrogens (tertiary/aromatic N) is 2. The van der Waals surface area contributed by atoms with E-state index in [4.69, 9.17) is 9.15 Å². The molecule has 5 nitrogen and oxygen atoms in total. The first-order valence-electron chi connectivity index (χ1n) is 8.05. The third-order valence-corrected chi connectivity index (χ3v) is 4.42. The van der Waals surface area contributed by atoms with E-state index in [1.54, 1.807) is 23.4 Å². The van der Waals surface area contributed by atoms with Crippen molar-refractivity contribution in [3.05, 3.63) is 48.2 Å². The zero-order valence-corrected chi connectivity index (χ0v) is 15.3. The molecule has 0 radical (unpaired) electrons. The first-order chi connectivity index (χ1) is 12.1. The van der Waals surface area contributed by atoms with Crippen LogP contribution in [0.25, 0.3) is 22.8 Å². The Morgan fingerprint density at radius 2 is 2.04 bits per heavy atom. The number of esters is 1. The number of rotatable bonds is 6. The van der Waals surface area contributed by atoms with Crippen LogP contribution < -0.4 is 0 Å². The SMILES string of the molecule is CCOC(=O)Cn1nc(C)cc1-c1ccc(-c2cccc(SC)c2)o1. The van der Waals surface area contributed by atoms with Crippen LogP contribution in [0.1, 0.15) is 12.6 Å². The molecule has 25 heavy (non-hydrogen) atoms. The number of hydrogen-bond donors (Lipinski definition) is 0. The molecule has 0 spiro atoms. The van der Waals surface area contributed by atoms with E-state index in [1.165, 1.54) is 4.90 Å². The van der Waals surface area contributed by atoms with E-state index in [-0.39, 0.29) is 12.5 Å². The third kappa shape index (κ3) is 3.96. The van der Waals surface area contributed by atoms with Crippen LogP contribution in [-0.4, -0.2) is 28.6 Å². The molecule has 1 aromatic carbocycles. The molecule has 0 unspecified atom stereocenters. The predicted octanol–water partition coefficient (Wildman–Crippen LogP) is 4.40. The Labute approximate surface area is 151 Å². The van der Waals surface area contributed by atoms with Gasteiger partial charge in [-0.1, -0.05) is 12.1 Å². The van der Waals surface area contributed by atoms with Crippen LogP contribution in [0.5, 0.6) is 0 Å². The quantitative estimate of drug-likeness (QED) is 0.484. The fourth-order valence-electron chi connectivity index (χ4n) is 2.60. The molecule has 0 aliphatic heterocycles. The summed E-state index contributed by atoms with van der Waals surface area (Å²) >= 11 is 1.69. The second-order valence-corrected chi connectivity index (χ2v) is 6.41. The van der Waals surface area contributed by atoms with Gasteiger partial charge < -0.3 is 9.15 Å². The highest BCUT2D eigenvalue weighted by Crippen LogP contribution is 2.30. The normalized spacial score (nSPS) is 10.8. The van der Waals surface area contributed by atoms with Crippen LogP contribution >= 0.6 is 11.8 Å². The lowest BCUT2D eigenvalue weighted by molar-refractivity contribution is -0.144. The summed E-state index contributed by atoms with van der Waals surface area (Å²) in [5.41, 5.74) is 2.60. The minimum atomic E-state index is -0.314. The van der Waals surface area contributed by atoms with Gasteiger partial charge >= 0.3 is 5.97 Å². The van der Waals surface area contributed by atoms with Gasteiger partial charge in [-0.05, 0) is 50.4 Å². The smallest absolute Gasteiger partial charge is 0.327 e. The molecule has 3 aromatic rings. The zero-order valence-electron chi connectivity index (χ0n) is 14.5. The maximum absolute atomic E-state index is 11.8. The summed E-state index contributed by atoms with van der Waals surface area (Å²) < 4.78 is 12.7. The summed E-state index contributed by atoms with van der Waals surface area (Å²) in [6, 6.07) is 13.9. The van der Waals surface area contributed by atoms with Crippen molar-refractivity contribution in [2.75, 3.05) is 12.9 Å². The summed E-state index contributed by atoms with van der Waals surface area (Å²) in [7, 11) is 0. The van der Waals surface area contributed by atoms with Crippen molar-refractivity contribution < 1.29 is 13.9 Å². The molecule has 2 heterocycles. The summed E-state index contributed by atoms with van der Waals surface area (Å²) in [5, 5.41) is 4.37. The average molecular weight is 356 g/mol. The van der Waals surface area contributed by atoms with Crippen LogP contribution in [0, 0.1) is 6.92 Å². The van der Waals surface area contributed by atoms with Crippen LogP contribution in [0.4, 0.5) is 0 Å². The van der Waals surface area contributed by atoms with Gasteiger partial charge in [-0.15, -0.1) is 11.8 Å². The summed E-state index contributed by atoms with van der Waals surface area (Å²) in [5.74, 6) is 1.15. The molecular weight excluding hydrogens is 336 g/mol. The van der Waals surface area contributed by atoms with Crippen molar-refractivity contribution in [2.45, 2.75) is 25.3 Å². The molecule has 0 saturated carbocycles. The number of carbonyl (C=O) groups excluding carboxylic acids is 1. The van der Waals surface area contributed by atoms with Crippen molar-refractivity contribution in [2.24, 2.45) is 0 Å². The van der Waals surface area contributed by atoms with Gasteiger partial charge in [-0.25, -0.2) is 0 Å². The topological polar surface area (TPSA) is 57.3 Å². The summed E-state index contributed by atoms with van der Waals surface area (Å²) in [6.07, 6.45) is 2.05. The van der Waals surface area contributed by atoms with Gasteiger partial charge in [0, 0.05) is 10.5 Å². The Kier molecular flexibility index (Phi) is 5.28. The van der Waals surface area contributed by atoms with Crippen molar-refractivity contribution >= 4 is 17.7 Å². The molecule has 0 aliphatic rings. The number of benzene rings is 1. The molecule has 0 bridgehead atoms. The van der Waals surface area contributed by atoms with Crippen molar-refractivity contribution in [3.63, 3.8) is 0 Å². The second-order valence-electron chi connectivity index (χ2n) is 5.53. The van der Waals surface area contributed by atoms with Gasteiger partial charge in [-0.3, -0.25) is 9.48 Å². The lowest BCUT2D eigenvalue weighted by Crippen LogP contribution is -2.15. The Bertz CT molecular complexity index is 882. The molecule has 0 fully saturated rings. The largest absolute Gasteiger partial charge is 0.465 e. The van der Waals surface area contributed by atoms with Crippen LogP contribution in [0.15, 0.2) is 51.8 Å². The van der Waals surface area contributed by atoms with Gasteiger partial charge in [-0.2, -0.15) is 5.10 Å². The minimum absolute atomic E-state index is 0.0645. The van der Waals surface area contributed by atoms with E-state index in [2.05, 4.69) is 17.2 Å². The Balaban J connectivity index is 1.90. The lowest BCUT2D eigenvalue weighted by atomic mass is 10.2. The van der Waals surface area contributed by atoms with E-state index in [9.17, 15) is 4.79 Å². The molecule has 6 heteroatoms. The maximum Gasteiger partial charge on any atom is 0.327 e.